The SMILES string of the molecule is C=CC[CH]c1cccc(Br)c1C(N)=O. The van der Waals surface area contributed by atoms with Crippen molar-refractivity contribution in [1.29, 1.82) is 0 Å². The van der Waals surface area contributed by atoms with Gasteiger partial charge in [-0.25, -0.2) is 0 Å². The molecule has 1 radical (unpaired) electrons. The van der Waals surface area contributed by atoms with Crippen molar-refractivity contribution in [3.8, 4) is 0 Å². The van der Waals surface area contributed by atoms with Crippen LogP contribution in [0.2, 0.25) is 0 Å². The smallest absolute Gasteiger partial charge is 0.250 e. The van der Waals surface area contributed by atoms with Crippen molar-refractivity contribution >= 4 is 21.8 Å². The van der Waals surface area contributed by atoms with Crippen molar-refractivity contribution < 1.29 is 4.79 Å². The average molecular weight is 253 g/mol. The normalized spacial score (nSPS) is 9.79. The highest BCUT2D eigenvalue weighted by atomic mass is 79.9. The molecular weight excluding hydrogens is 242 g/mol. The van der Waals surface area contributed by atoms with Crippen LogP contribution in [0.15, 0.2) is 35.3 Å². The van der Waals surface area contributed by atoms with Gasteiger partial charge < -0.3 is 5.73 Å². The lowest BCUT2D eigenvalue weighted by Gasteiger charge is -2.06. The summed E-state index contributed by atoms with van der Waals surface area (Å²) in [6.45, 7) is 3.61. The predicted octanol–water partition coefficient (Wildman–Crippen LogP) is 2.68. The van der Waals surface area contributed by atoms with Crippen LogP contribution < -0.4 is 5.73 Å². The van der Waals surface area contributed by atoms with Gasteiger partial charge in [0.05, 0.1) is 5.56 Å². The summed E-state index contributed by atoms with van der Waals surface area (Å²) < 4.78 is 0.725. The average Bonchev–Trinajstić information content (AvgIpc) is 2.14. The molecule has 0 spiro atoms. The third-order valence-electron chi connectivity index (χ3n) is 1.80. The zero-order valence-electron chi connectivity index (χ0n) is 7.66. The lowest BCUT2D eigenvalue weighted by molar-refractivity contribution is 0.0999. The Hall–Kier alpha value is -1.09. The van der Waals surface area contributed by atoms with Gasteiger partial charge in [-0.05, 0) is 40.4 Å². The molecule has 0 aliphatic heterocycles. The molecule has 73 valence electrons. The second-order valence-electron chi connectivity index (χ2n) is 2.80. The first kappa shape index (κ1) is 11.0. The first-order valence-electron chi connectivity index (χ1n) is 4.19. The highest BCUT2D eigenvalue weighted by molar-refractivity contribution is 9.10. The Morgan fingerprint density at radius 2 is 2.29 bits per heavy atom. The molecule has 0 aliphatic rings. The summed E-state index contributed by atoms with van der Waals surface area (Å²) in [5, 5.41) is 0. The second kappa shape index (κ2) is 4.96. The first-order valence-corrected chi connectivity index (χ1v) is 4.98. The summed E-state index contributed by atoms with van der Waals surface area (Å²) in [5.74, 6) is -0.423. The van der Waals surface area contributed by atoms with E-state index >= 15 is 0 Å². The van der Waals surface area contributed by atoms with E-state index in [-0.39, 0.29) is 0 Å². The minimum absolute atomic E-state index is 0.423. The van der Waals surface area contributed by atoms with E-state index in [1.807, 2.05) is 18.6 Å². The molecule has 2 nitrogen and oxygen atoms in total. The highest BCUT2D eigenvalue weighted by Crippen LogP contribution is 2.22. The van der Waals surface area contributed by atoms with E-state index in [4.69, 9.17) is 5.73 Å². The van der Waals surface area contributed by atoms with Crippen LogP contribution in [-0.2, 0) is 0 Å². The van der Waals surface area contributed by atoms with E-state index in [9.17, 15) is 4.79 Å². The fraction of sp³-hybridized carbons (Fsp3) is 0.0909. The third-order valence-corrected chi connectivity index (χ3v) is 2.46. The molecule has 0 bridgehead atoms. The summed E-state index contributed by atoms with van der Waals surface area (Å²) in [4.78, 5) is 11.2. The van der Waals surface area contributed by atoms with Crippen LogP contribution in [0.25, 0.3) is 0 Å². The van der Waals surface area contributed by atoms with Gasteiger partial charge in [0.15, 0.2) is 0 Å². The van der Waals surface area contributed by atoms with Crippen molar-refractivity contribution in [2.75, 3.05) is 0 Å². The molecule has 0 saturated heterocycles. The molecule has 0 aliphatic carbocycles. The summed E-state index contributed by atoms with van der Waals surface area (Å²) in [6, 6.07) is 5.52. The van der Waals surface area contributed by atoms with Crippen molar-refractivity contribution in [2.45, 2.75) is 6.42 Å². The van der Waals surface area contributed by atoms with Crippen LogP contribution in [0.5, 0.6) is 0 Å². The molecule has 14 heavy (non-hydrogen) atoms. The maximum absolute atomic E-state index is 11.2. The molecule has 0 saturated carbocycles. The Morgan fingerprint density at radius 3 is 2.86 bits per heavy atom. The summed E-state index contributed by atoms with van der Waals surface area (Å²) in [5.41, 5.74) is 6.63. The van der Waals surface area contributed by atoms with Crippen LogP contribution in [0.3, 0.4) is 0 Å². The predicted molar refractivity (Wildman–Crippen MR) is 60.9 cm³/mol. The van der Waals surface area contributed by atoms with Crippen LogP contribution in [-0.4, -0.2) is 5.91 Å². The number of hydrogen-bond acceptors (Lipinski definition) is 1. The van der Waals surface area contributed by atoms with Crippen LogP contribution in [0.1, 0.15) is 22.3 Å². The van der Waals surface area contributed by atoms with Gasteiger partial charge in [0.2, 0.25) is 5.91 Å². The molecule has 1 rings (SSSR count). The molecule has 3 heteroatoms. The molecule has 1 amide bonds. The Bertz CT molecular complexity index is 360. The van der Waals surface area contributed by atoms with Gasteiger partial charge in [-0.2, -0.15) is 0 Å². The number of primary amides is 1. The molecule has 2 N–H and O–H groups in total. The zero-order valence-corrected chi connectivity index (χ0v) is 9.25. The Labute approximate surface area is 91.9 Å². The molecule has 0 heterocycles. The lowest BCUT2D eigenvalue weighted by atomic mass is 10.0. The Kier molecular flexibility index (Phi) is 3.89. The quantitative estimate of drug-likeness (QED) is 0.823. The number of halogens is 1. The molecule has 1 aromatic carbocycles. The van der Waals surface area contributed by atoms with Gasteiger partial charge in [-0.3, -0.25) is 4.79 Å². The molecule has 0 aromatic heterocycles. The minimum atomic E-state index is -0.423. The van der Waals surface area contributed by atoms with Crippen molar-refractivity contribution in [3.05, 3.63) is 52.9 Å². The van der Waals surface area contributed by atoms with Crippen molar-refractivity contribution in [2.24, 2.45) is 5.73 Å². The third kappa shape index (κ3) is 2.45. The molecule has 0 unspecified atom stereocenters. The van der Waals surface area contributed by atoms with E-state index in [0.29, 0.717) is 5.56 Å². The highest BCUT2D eigenvalue weighted by Gasteiger charge is 2.10. The summed E-state index contributed by atoms with van der Waals surface area (Å²) >= 11 is 3.29. The number of allylic oxidation sites excluding steroid dienone is 1. The van der Waals surface area contributed by atoms with Crippen molar-refractivity contribution in [3.63, 3.8) is 0 Å². The first-order chi connectivity index (χ1) is 6.66. The van der Waals surface area contributed by atoms with E-state index in [2.05, 4.69) is 22.5 Å². The van der Waals surface area contributed by atoms with Crippen LogP contribution in [0.4, 0.5) is 0 Å². The molecular formula is C11H11BrNO. The van der Waals surface area contributed by atoms with E-state index in [1.54, 1.807) is 12.1 Å². The molecule has 0 fully saturated rings. The topological polar surface area (TPSA) is 43.1 Å². The summed E-state index contributed by atoms with van der Waals surface area (Å²) in [7, 11) is 0. The van der Waals surface area contributed by atoms with Gasteiger partial charge in [0, 0.05) is 4.47 Å². The number of benzene rings is 1. The van der Waals surface area contributed by atoms with E-state index < -0.39 is 5.91 Å². The summed E-state index contributed by atoms with van der Waals surface area (Å²) in [6.07, 6.45) is 4.40. The van der Waals surface area contributed by atoms with Crippen LogP contribution in [0, 0.1) is 6.42 Å². The number of amides is 1. The van der Waals surface area contributed by atoms with Crippen molar-refractivity contribution in [1.82, 2.24) is 0 Å². The van der Waals surface area contributed by atoms with Gasteiger partial charge in [0.25, 0.3) is 0 Å². The number of hydrogen-bond donors (Lipinski definition) is 1. The van der Waals surface area contributed by atoms with E-state index in [0.717, 1.165) is 16.5 Å². The van der Waals surface area contributed by atoms with Gasteiger partial charge in [-0.1, -0.05) is 18.2 Å². The number of carbonyl (C=O) groups excluding carboxylic acids is 1. The standard InChI is InChI=1S/C11H11BrNO/c1-2-3-5-8-6-4-7-9(12)10(8)11(13)14/h2,4-7H,1,3H2,(H2,13,14). The van der Waals surface area contributed by atoms with Crippen LogP contribution >= 0.6 is 15.9 Å². The van der Waals surface area contributed by atoms with E-state index in [1.165, 1.54) is 0 Å². The maximum Gasteiger partial charge on any atom is 0.250 e. The molecule has 0 atom stereocenters. The minimum Gasteiger partial charge on any atom is -0.366 e. The second-order valence-corrected chi connectivity index (χ2v) is 3.65. The van der Waals surface area contributed by atoms with Gasteiger partial charge >= 0.3 is 0 Å². The van der Waals surface area contributed by atoms with Gasteiger partial charge in [-0.15, -0.1) is 6.58 Å². The Balaban J connectivity index is 3.07. The number of rotatable bonds is 4. The Morgan fingerprint density at radius 1 is 1.57 bits per heavy atom. The van der Waals surface area contributed by atoms with Gasteiger partial charge in [0.1, 0.15) is 0 Å². The number of nitrogens with two attached hydrogens (primary N) is 1. The largest absolute Gasteiger partial charge is 0.366 e. The molecule has 1 aromatic rings. The maximum atomic E-state index is 11.2. The lowest BCUT2D eigenvalue weighted by Crippen LogP contribution is -2.14. The number of carbonyl (C=O) groups is 1. The fourth-order valence-corrected chi connectivity index (χ4v) is 1.76. The fourth-order valence-electron chi connectivity index (χ4n) is 1.18. The zero-order chi connectivity index (χ0) is 10.6. The monoisotopic (exact) mass is 252 g/mol.